The number of hydrogen-bond donors (Lipinski definition) is 0. The number of methoxy groups -OCH3 is 1. The molecule has 156 valence electrons. The largest absolute Gasteiger partial charge is 0.497 e. The first-order chi connectivity index (χ1) is 14.3. The fourth-order valence-electron chi connectivity index (χ4n) is 3.92. The van der Waals surface area contributed by atoms with Gasteiger partial charge in [0.15, 0.2) is 0 Å². The maximum atomic E-state index is 12.5. The van der Waals surface area contributed by atoms with Crippen LogP contribution < -0.4 is 9.47 Å². The summed E-state index contributed by atoms with van der Waals surface area (Å²) in [6.45, 7) is 3.98. The lowest BCUT2D eigenvalue weighted by molar-refractivity contribution is 0.235. The van der Waals surface area contributed by atoms with Gasteiger partial charge in [0.1, 0.15) is 22.5 Å². The molecule has 0 bridgehead atoms. The molecule has 0 aliphatic carbocycles. The number of ether oxygens (including phenoxy) is 2. The molecule has 0 aromatic heterocycles. The summed E-state index contributed by atoms with van der Waals surface area (Å²) >= 11 is 0. The van der Waals surface area contributed by atoms with Gasteiger partial charge in [-0.3, -0.25) is 4.18 Å². The normalized spacial score (nSPS) is 15.5. The highest BCUT2D eigenvalue weighted by atomic mass is 32.2. The Hall–Kier alpha value is -2.83. The molecule has 0 N–H and O–H groups in total. The van der Waals surface area contributed by atoms with Crippen molar-refractivity contribution in [2.24, 2.45) is 0 Å². The van der Waals surface area contributed by atoms with Crippen molar-refractivity contribution < 1.29 is 22.1 Å². The van der Waals surface area contributed by atoms with E-state index in [0.29, 0.717) is 12.0 Å². The van der Waals surface area contributed by atoms with E-state index in [0.717, 1.165) is 39.3 Å². The van der Waals surface area contributed by atoms with Gasteiger partial charge in [0.2, 0.25) is 0 Å². The van der Waals surface area contributed by atoms with Crippen molar-refractivity contribution in [1.29, 1.82) is 0 Å². The van der Waals surface area contributed by atoms with Crippen LogP contribution in [0.5, 0.6) is 11.5 Å². The Kier molecular flexibility index (Phi) is 5.30. The third-order valence-electron chi connectivity index (χ3n) is 5.38. The van der Waals surface area contributed by atoms with Gasteiger partial charge in [-0.05, 0) is 54.8 Å². The minimum atomic E-state index is -3.84. The maximum absolute atomic E-state index is 12.5. The summed E-state index contributed by atoms with van der Waals surface area (Å²) in [5.41, 5.74) is 5.77. The fourth-order valence-corrected chi connectivity index (χ4v) is 4.81. The molecular weight excluding hydrogens is 400 g/mol. The summed E-state index contributed by atoms with van der Waals surface area (Å²) in [5, 5.41) is 0. The van der Waals surface area contributed by atoms with Crippen LogP contribution in [0.15, 0.2) is 59.5 Å². The number of benzene rings is 3. The molecule has 3 aromatic rings. The van der Waals surface area contributed by atoms with Gasteiger partial charge in [0.05, 0.1) is 14.2 Å². The smallest absolute Gasteiger partial charge is 0.297 e. The van der Waals surface area contributed by atoms with E-state index in [2.05, 4.69) is 12.1 Å². The predicted octanol–water partition coefficient (Wildman–Crippen LogP) is 4.99. The van der Waals surface area contributed by atoms with Gasteiger partial charge in [-0.1, -0.05) is 35.9 Å². The van der Waals surface area contributed by atoms with Crippen molar-refractivity contribution >= 4 is 10.1 Å². The zero-order chi connectivity index (χ0) is 21.5. The Morgan fingerprint density at radius 2 is 1.67 bits per heavy atom. The molecule has 1 unspecified atom stereocenters. The molecule has 1 aliphatic rings. The van der Waals surface area contributed by atoms with E-state index < -0.39 is 16.2 Å². The van der Waals surface area contributed by atoms with Crippen molar-refractivity contribution in [3.63, 3.8) is 0 Å². The standard InChI is InChI=1S/C24H24O5S/c1-15-5-10-23(30(25,26)28-4)21(12-15)22-14-18-11-16(2)13-20(24(18)29-22)17-6-8-19(27-3)9-7-17/h5-13,22H,14H2,1-4H3. The highest BCUT2D eigenvalue weighted by Gasteiger charge is 2.32. The van der Waals surface area contributed by atoms with Gasteiger partial charge >= 0.3 is 0 Å². The molecule has 4 rings (SSSR count). The van der Waals surface area contributed by atoms with Crippen LogP contribution in [0, 0.1) is 13.8 Å². The summed E-state index contributed by atoms with van der Waals surface area (Å²) in [6, 6.07) is 17.2. The Morgan fingerprint density at radius 1 is 0.933 bits per heavy atom. The highest BCUT2D eigenvalue weighted by Crippen LogP contribution is 2.45. The van der Waals surface area contributed by atoms with Crippen LogP contribution in [0.25, 0.3) is 11.1 Å². The third-order valence-corrected chi connectivity index (χ3v) is 6.73. The van der Waals surface area contributed by atoms with E-state index in [1.807, 2.05) is 44.2 Å². The SMILES string of the molecule is COc1ccc(-c2cc(C)cc3c2OC(c2cc(C)ccc2S(=O)(=O)OC)C3)cc1. The molecule has 0 amide bonds. The van der Waals surface area contributed by atoms with E-state index in [9.17, 15) is 8.42 Å². The van der Waals surface area contributed by atoms with Crippen molar-refractivity contribution in [3.05, 3.63) is 76.9 Å². The maximum Gasteiger partial charge on any atom is 0.297 e. The molecule has 6 heteroatoms. The van der Waals surface area contributed by atoms with Gasteiger partial charge in [-0.15, -0.1) is 0 Å². The molecule has 5 nitrogen and oxygen atoms in total. The van der Waals surface area contributed by atoms with Crippen LogP contribution >= 0.6 is 0 Å². The van der Waals surface area contributed by atoms with Crippen LogP contribution in [0.2, 0.25) is 0 Å². The van der Waals surface area contributed by atoms with Crippen molar-refractivity contribution in [3.8, 4) is 22.6 Å². The molecule has 1 heterocycles. The Morgan fingerprint density at radius 3 is 2.33 bits per heavy atom. The quantitative estimate of drug-likeness (QED) is 0.540. The van der Waals surface area contributed by atoms with E-state index in [-0.39, 0.29) is 4.90 Å². The molecular formula is C24H24O5S. The van der Waals surface area contributed by atoms with Crippen LogP contribution in [0.3, 0.4) is 0 Å². The molecule has 0 fully saturated rings. The summed E-state index contributed by atoms with van der Waals surface area (Å²) in [7, 11) is -1.03. The average Bonchev–Trinajstić information content (AvgIpc) is 3.17. The van der Waals surface area contributed by atoms with Gasteiger partial charge in [0, 0.05) is 17.5 Å². The van der Waals surface area contributed by atoms with Gasteiger partial charge in [-0.2, -0.15) is 8.42 Å². The minimum Gasteiger partial charge on any atom is -0.497 e. The van der Waals surface area contributed by atoms with Crippen LogP contribution in [-0.2, 0) is 20.7 Å². The van der Waals surface area contributed by atoms with E-state index in [1.165, 1.54) is 7.11 Å². The number of hydrogen-bond acceptors (Lipinski definition) is 5. The Bertz CT molecular complexity index is 1200. The summed E-state index contributed by atoms with van der Waals surface area (Å²) in [4.78, 5) is 0.149. The molecule has 0 saturated carbocycles. The molecule has 1 aliphatic heterocycles. The number of fused-ring (bicyclic) bond motifs is 1. The van der Waals surface area contributed by atoms with Crippen LogP contribution in [-0.4, -0.2) is 22.6 Å². The first kappa shape index (κ1) is 20.4. The second kappa shape index (κ2) is 7.78. The average molecular weight is 425 g/mol. The fraction of sp³-hybridized carbons (Fsp3) is 0.250. The van der Waals surface area contributed by atoms with E-state index >= 15 is 0 Å². The molecule has 0 saturated heterocycles. The Labute approximate surface area is 177 Å². The second-order valence-electron chi connectivity index (χ2n) is 7.50. The zero-order valence-corrected chi connectivity index (χ0v) is 18.2. The minimum absolute atomic E-state index is 0.149. The molecule has 0 spiro atoms. The van der Waals surface area contributed by atoms with Crippen molar-refractivity contribution in [1.82, 2.24) is 0 Å². The first-order valence-corrected chi connectivity index (χ1v) is 11.1. The number of rotatable bonds is 5. The second-order valence-corrected chi connectivity index (χ2v) is 9.18. The topological polar surface area (TPSA) is 61.8 Å². The van der Waals surface area contributed by atoms with Gasteiger partial charge in [-0.25, -0.2) is 0 Å². The molecule has 1 atom stereocenters. The summed E-state index contributed by atoms with van der Waals surface area (Å²) in [6.07, 6.45) is 0.189. The van der Waals surface area contributed by atoms with Gasteiger partial charge < -0.3 is 9.47 Å². The monoisotopic (exact) mass is 424 g/mol. The first-order valence-electron chi connectivity index (χ1n) is 9.68. The summed E-state index contributed by atoms with van der Waals surface area (Å²) in [5.74, 6) is 1.58. The lowest BCUT2D eigenvalue weighted by atomic mass is 9.96. The highest BCUT2D eigenvalue weighted by molar-refractivity contribution is 7.86. The van der Waals surface area contributed by atoms with E-state index in [4.69, 9.17) is 13.7 Å². The number of aryl methyl sites for hydroxylation is 2. The van der Waals surface area contributed by atoms with E-state index in [1.54, 1.807) is 19.2 Å². The van der Waals surface area contributed by atoms with Crippen molar-refractivity contribution in [2.75, 3.05) is 14.2 Å². The molecule has 0 radical (unpaired) electrons. The lowest BCUT2D eigenvalue weighted by Crippen LogP contribution is -2.12. The Balaban J connectivity index is 1.78. The summed E-state index contributed by atoms with van der Waals surface area (Å²) < 4.78 is 41.4. The lowest BCUT2D eigenvalue weighted by Gasteiger charge is -2.17. The van der Waals surface area contributed by atoms with Gasteiger partial charge in [0.25, 0.3) is 10.1 Å². The van der Waals surface area contributed by atoms with Crippen molar-refractivity contribution in [2.45, 2.75) is 31.3 Å². The molecule has 3 aromatic carbocycles. The third kappa shape index (κ3) is 3.68. The molecule has 30 heavy (non-hydrogen) atoms. The zero-order valence-electron chi connectivity index (χ0n) is 17.4. The predicted molar refractivity (Wildman–Crippen MR) is 116 cm³/mol. The van der Waals surface area contributed by atoms with Crippen LogP contribution in [0.4, 0.5) is 0 Å². The van der Waals surface area contributed by atoms with Crippen LogP contribution in [0.1, 0.15) is 28.4 Å².